The average Bonchev–Trinajstić information content (AvgIpc) is 2.29. The Balaban J connectivity index is 2.62. The number of ether oxygens (including phenoxy) is 1. The molecule has 1 aromatic carbocycles. The van der Waals surface area contributed by atoms with Crippen LogP contribution in [0.25, 0.3) is 0 Å². The molecule has 0 heterocycles. The Morgan fingerprint density at radius 3 is 2.81 bits per heavy atom. The van der Waals surface area contributed by atoms with E-state index in [1.54, 1.807) is 7.11 Å². The molecule has 16 heavy (non-hydrogen) atoms. The van der Waals surface area contributed by atoms with Gasteiger partial charge in [0.15, 0.2) is 0 Å². The maximum absolute atomic E-state index is 11.6. The summed E-state index contributed by atoms with van der Waals surface area (Å²) in [5.41, 5.74) is 0.879. The molecule has 3 nitrogen and oxygen atoms in total. The second-order valence-corrected chi connectivity index (χ2v) is 3.92. The van der Waals surface area contributed by atoms with E-state index < -0.39 is 0 Å². The van der Waals surface area contributed by atoms with Crippen LogP contribution < -0.4 is 10.1 Å². The average molecular weight is 242 g/mol. The van der Waals surface area contributed by atoms with Crippen molar-refractivity contribution in [2.75, 3.05) is 13.0 Å². The molecule has 0 radical (unpaired) electrons. The molecule has 88 valence electrons. The molecule has 1 amide bonds. The first kappa shape index (κ1) is 12.8. The highest BCUT2D eigenvalue weighted by Gasteiger charge is 2.09. The molecule has 4 heteroatoms. The van der Waals surface area contributed by atoms with Gasteiger partial charge >= 0.3 is 0 Å². The van der Waals surface area contributed by atoms with E-state index >= 15 is 0 Å². The lowest BCUT2D eigenvalue weighted by Gasteiger charge is -2.12. The maximum atomic E-state index is 11.6. The van der Waals surface area contributed by atoms with Crippen LogP contribution in [0.3, 0.4) is 0 Å². The van der Waals surface area contributed by atoms with Crippen molar-refractivity contribution in [2.45, 2.75) is 19.4 Å². The zero-order valence-electron chi connectivity index (χ0n) is 9.50. The smallest absolute Gasteiger partial charge is 0.224 e. The molecule has 0 bridgehead atoms. The Bertz CT molecular complexity index is 355. The second kappa shape index (κ2) is 6.38. The summed E-state index contributed by atoms with van der Waals surface area (Å²) in [5, 5.41) is 2.80. The molecule has 1 N–H and O–H groups in total. The Kier molecular flexibility index (Phi) is 5.12. The SMILES string of the molecule is COc1ccccc1CC(=O)NC(C)CCl. The monoisotopic (exact) mass is 241 g/mol. The molecule has 0 fully saturated rings. The number of hydrogen-bond acceptors (Lipinski definition) is 2. The highest BCUT2D eigenvalue weighted by atomic mass is 35.5. The van der Waals surface area contributed by atoms with Gasteiger partial charge in [-0.2, -0.15) is 0 Å². The van der Waals surface area contributed by atoms with Crippen LogP contribution in [0, 0.1) is 0 Å². The Labute approximate surface area is 101 Å². The highest BCUT2D eigenvalue weighted by molar-refractivity contribution is 6.18. The van der Waals surface area contributed by atoms with Crippen LogP contribution in [0.4, 0.5) is 0 Å². The zero-order chi connectivity index (χ0) is 12.0. The molecular weight excluding hydrogens is 226 g/mol. The number of methoxy groups -OCH3 is 1. The van der Waals surface area contributed by atoms with E-state index in [0.717, 1.165) is 11.3 Å². The lowest BCUT2D eigenvalue weighted by molar-refractivity contribution is -0.120. The minimum Gasteiger partial charge on any atom is -0.496 e. The van der Waals surface area contributed by atoms with Crippen molar-refractivity contribution in [1.29, 1.82) is 0 Å². The number of alkyl halides is 1. The fourth-order valence-corrected chi connectivity index (χ4v) is 1.46. The number of amides is 1. The van der Waals surface area contributed by atoms with Gasteiger partial charge in [-0.3, -0.25) is 4.79 Å². The van der Waals surface area contributed by atoms with Gasteiger partial charge in [-0.25, -0.2) is 0 Å². The number of para-hydroxylation sites is 1. The summed E-state index contributed by atoms with van der Waals surface area (Å²) in [5.74, 6) is 1.10. The van der Waals surface area contributed by atoms with Crippen molar-refractivity contribution in [3.63, 3.8) is 0 Å². The summed E-state index contributed by atoms with van der Waals surface area (Å²) in [7, 11) is 1.60. The molecule has 1 aromatic rings. The van der Waals surface area contributed by atoms with Crippen LogP contribution in [-0.2, 0) is 11.2 Å². The zero-order valence-corrected chi connectivity index (χ0v) is 10.3. The summed E-state index contributed by atoms with van der Waals surface area (Å²) in [6.45, 7) is 1.87. The standard InChI is InChI=1S/C12H16ClNO2/c1-9(8-13)14-12(15)7-10-5-3-4-6-11(10)16-2/h3-6,9H,7-8H2,1-2H3,(H,14,15). The number of halogens is 1. The third-order valence-corrected chi connectivity index (χ3v) is 2.65. The van der Waals surface area contributed by atoms with Gasteiger partial charge in [0.2, 0.25) is 5.91 Å². The summed E-state index contributed by atoms with van der Waals surface area (Å²) >= 11 is 5.62. The third-order valence-electron chi connectivity index (χ3n) is 2.18. The largest absolute Gasteiger partial charge is 0.496 e. The first-order valence-electron chi connectivity index (χ1n) is 5.14. The van der Waals surface area contributed by atoms with Gasteiger partial charge in [0.05, 0.1) is 13.5 Å². The Hall–Kier alpha value is -1.22. The van der Waals surface area contributed by atoms with Crippen molar-refractivity contribution >= 4 is 17.5 Å². The van der Waals surface area contributed by atoms with E-state index in [2.05, 4.69) is 5.32 Å². The lowest BCUT2D eigenvalue weighted by Crippen LogP contribution is -2.34. The van der Waals surface area contributed by atoms with Crippen molar-refractivity contribution in [3.8, 4) is 5.75 Å². The molecule has 1 rings (SSSR count). The van der Waals surface area contributed by atoms with E-state index in [9.17, 15) is 4.79 Å². The fraction of sp³-hybridized carbons (Fsp3) is 0.417. The number of benzene rings is 1. The van der Waals surface area contributed by atoms with Gasteiger partial charge in [-0.05, 0) is 13.0 Å². The highest BCUT2D eigenvalue weighted by Crippen LogP contribution is 2.17. The number of rotatable bonds is 5. The van der Waals surface area contributed by atoms with E-state index in [0.29, 0.717) is 12.3 Å². The number of nitrogens with one attached hydrogen (secondary N) is 1. The normalized spacial score (nSPS) is 11.9. The minimum atomic E-state index is -0.0438. The maximum Gasteiger partial charge on any atom is 0.224 e. The topological polar surface area (TPSA) is 38.3 Å². The van der Waals surface area contributed by atoms with Crippen LogP contribution in [0.15, 0.2) is 24.3 Å². The van der Waals surface area contributed by atoms with E-state index in [-0.39, 0.29) is 11.9 Å². The van der Waals surface area contributed by atoms with Crippen LogP contribution in [0.2, 0.25) is 0 Å². The molecule has 0 saturated heterocycles. The van der Waals surface area contributed by atoms with Crippen LogP contribution in [-0.4, -0.2) is 24.9 Å². The molecule has 0 saturated carbocycles. The quantitative estimate of drug-likeness (QED) is 0.801. The number of hydrogen-bond donors (Lipinski definition) is 1. The van der Waals surface area contributed by atoms with Gasteiger partial charge in [0.25, 0.3) is 0 Å². The predicted octanol–water partition coefficient (Wildman–Crippen LogP) is 1.98. The van der Waals surface area contributed by atoms with Crippen LogP contribution in [0.5, 0.6) is 5.75 Å². The van der Waals surface area contributed by atoms with Crippen molar-refractivity contribution in [1.82, 2.24) is 5.32 Å². The molecule has 0 spiro atoms. The predicted molar refractivity (Wildman–Crippen MR) is 65.0 cm³/mol. The van der Waals surface area contributed by atoms with Gasteiger partial charge in [0.1, 0.15) is 5.75 Å². The fourth-order valence-electron chi connectivity index (χ4n) is 1.39. The first-order valence-corrected chi connectivity index (χ1v) is 5.68. The minimum absolute atomic E-state index is 0.0103. The summed E-state index contributed by atoms with van der Waals surface area (Å²) in [6, 6.07) is 7.47. The Morgan fingerprint density at radius 2 is 2.19 bits per heavy atom. The number of carbonyl (C=O) groups excluding carboxylic acids is 1. The number of carbonyl (C=O) groups is 1. The summed E-state index contributed by atoms with van der Waals surface area (Å²) in [4.78, 5) is 11.6. The molecule has 1 unspecified atom stereocenters. The lowest BCUT2D eigenvalue weighted by atomic mass is 10.1. The molecular formula is C12H16ClNO2. The van der Waals surface area contributed by atoms with Crippen LogP contribution >= 0.6 is 11.6 Å². The molecule has 0 aromatic heterocycles. The van der Waals surface area contributed by atoms with Crippen LogP contribution in [0.1, 0.15) is 12.5 Å². The van der Waals surface area contributed by atoms with E-state index in [1.165, 1.54) is 0 Å². The van der Waals surface area contributed by atoms with Gasteiger partial charge in [-0.1, -0.05) is 18.2 Å². The van der Waals surface area contributed by atoms with E-state index in [1.807, 2.05) is 31.2 Å². The Morgan fingerprint density at radius 1 is 1.50 bits per heavy atom. The van der Waals surface area contributed by atoms with Gasteiger partial charge < -0.3 is 10.1 Å². The van der Waals surface area contributed by atoms with Crippen molar-refractivity contribution in [3.05, 3.63) is 29.8 Å². The van der Waals surface area contributed by atoms with Crippen molar-refractivity contribution in [2.24, 2.45) is 0 Å². The summed E-state index contributed by atoms with van der Waals surface area (Å²) < 4.78 is 5.17. The molecule has 1 atom stereocenters. The molecule has 0 aliphatic carbocycles. The summed E-state index contributed by atoms with van der Waals surface area (Å²) in [6.07, 6.45) is 0.311. The second-order valence-electron chi connectivity index (χ2n) is 3.61. The van der Waals surface area contributed by atoms with E-state index in [4.69, 9.17) is 16.3 Å². The molecule has 0 aliphatic heterocycles. The third kappa shape index (κ3) is 3.74. The van der Waals surface area contributed by atoms with Crippen molar-refractivity contribution < 1.29 is 9.53 Å². The van der Waals surface area contributed by atoms with Gasteiger partial charge in [-0.15, -0.1) is 11.6 Å². The van der Waals surface area contributed by atoms with Gasteiger partial charge in [0, 0.05) is 17.5 Å². The first-order chi connectivity index (χ1) is 7.67. The molecule has 0 aliphatic rings.